The molecule has 0 radical (unpaired) electrons. The average molecular weight is 419 g/mol. The molecular formula is C17H14FN5O3S2. The summed E-state index contributed by atoms with van der Waals surface area (Å²) in [5.74, 6) is -0.614. The molecule has 1 heterocycles. The first-order valence-corrected chi connectivity index (χ1v) is 9.75. The lowest BCUT2D eigenvalue weighted by Crippen LogP contribution is -2.15. The minimum absolute atomic E-state index is 0.0531. The van der Waals surface area contributed by atoms with E-state index in [0.717, 1.165) is 0 Å². The van der Waals surface area contributed by atoms with Crippen molar-refractivity contribution in [3.05, 3.63) is 64.0 Å². The summed E-state index contributed by atoms with van der Waals surface area (Å²) in [6, 6.07) is 10.5. The quantitative estimate of drug-likeness (QED) is 0.332. The summed E-state index contributed by atoms with van der Waals surface area (Å²) >= 11 is 2.41. The molecule has 11 heteroatoms. The van der Waals surface area contributed by atoms with Crippen molar-refractivity contribution in [2.75, 3.05) is 16.4 Å². The Balaban J connectivity index is 1.56. The van der Waals surface area contributed by atoms with Crippen LogP contribution in [0.25, 0.3) is 0 Å². The second-order valence-corrected chi connectivity index (χ2v) is 7.75. The van der Waals surface area contributed by atoms with E-state index in [9.17, 15) is 19.3 Å². The number of carbonyl (C=O) groups is 1. The van der Waals surface area contributed by atoms with Gasteiger partial charge >= 0.3 is 0 Å². The first-order chi connectivity index (χ1) is 13.4. The van der Waals surface area contributed by atoms with Crippen LogP contribution < -0.4 is 10.6 Å². The van der Waals surface area contributed by atoms with Crippen molar-refractivity contribution >= 4 is 51.2 Å². The third kappa shape index (κ3) is 5.02. The molecule has 1 aromatic heterocycles. The van der Waals surface area contributed by atoms with Crippen molar-refractivity contribution in [2.45, 2.75) is 11.3 Å². The van der Waals surface area contributed by atoms with E-state index >= 15 is 0 Å². The van der Waals surface area contributed by atoms with Crippen molar-refractivity contribution < 1.29 is 14.1 Å². The van der Waals surface area contributed by atoms with Crippen LogP contribution in [-0.4, -0.2) is 26.8 Å². The molecule has 2 N–H and O–H groups in total. The molecule has 0 aliphatic heterocycles. The van der Waals surface area contributed by atoms with Crippen LogP contribution in [0.3, 0.4) is 0 Å². The molecule has 0 bridgehead atoms. The summed E-state index contributed by atoms with van der Waals surface area (Å²) in [4.78, 5) is 22.6. The molecule has 0 spiro atoms. The highest BCUT2D eigenvalue weighted by molar-refractivity contribution is 8.01. The number of hydrogen-bond acceptors (Lipinski definition) is 8. The van der Waals surface area contributed by atoms with Gasteiger partial charge in [-0.3, -0.25) is 14.9 Å². The van der Waals surface area contributed by atoms with Gasteiger partial charge in [0.05, 0.1) is 21.9 Å². The number of rotatable bonds is 7. The van der Waals surface area contributed by atoms with Crippen LogP contribution in [0.15, 0.2) is 46.8 Å². The van der Waals surface area contributed by atoms with E-state index in [1.165, 1.54) is 47.4 Å². The van der Waals surface area contributed by atoms with Crippen LogP contribution in [0.1, 0.15) is 5.56 Å². The Morgan fingerprint density at radius 3 is 2.82 bits per heavy atom. The largest absolute Gasteiger partial charge is 0.330 e. The number of benzene rings is 2. The summed E-state index contributed by atoms with van der Waals surface area (Å²) < 4.78 is 13.8. The standard InChI is InChI=1S/C17H14FN5O3S2/c1-10-13(6-3-7-14(10)23(25)26)20-15(24)9-27-17-22-21-16(28-17)19-12-5-2-4-11(18)8-12/h2-8H,9H2,1H3,(H,19,21)(H,20,24). The Kier molecular flexibility index (Phi) is 6.16. The monoisotopic (exact) mass is 419 g/mol. The van der Waals surface area contributed by atoms with Crippen LogP contribution in [-0.2, 0) is 4.79 Å². The van der Waals surface area contributed by atoms with Gasteiger partial charge in [-0.15, -0.1) is 10.2 Å². The molecule has 1 amide bonds. The third-order valence-corrected chi connectivity index (χ3v) is 5.56. The van der Waals surface area contributed by atoms with Gasteiger partial charge in [0.15, 0.2) is 4.34 Å². The second kappa shape index (κ2) is 8.76. The number of halogens is 1. The minimum atomic E-state index is -0.492. The van der Waals surface area contributed by atoms with E-state index in [1.54, 1.807) is 25.1 Å². The Morgan fingerprint density at radius 2 is 2.07 bits per heavy atom. The summed E-state index contributed by atoms with van der Waals surface area (Å²) in [5.41, 5.74) is 1.28. The fourth-order valence-electron chi connectivity index (χ4n) is 2.28. The van der Waals surface area contributed by atoms with E-state index in [-0.39, 0.29) is 23.2 Å². The summed E-state index contributed by atoms with van der Waals surface area (Å²) in [6.45, 7) is 1.58. The normalized spacial score (nSPS) is 10.5. The third-order valence-electron chi connectivity index (χ3n) is 3.59. The van der Waals surface area contributed by atoms with Gasteiger partial charge in [0.2, 0.25) is 11.0 Å². The molecule has 0 aliphatic carbocycles. The van der Waals surface area contributed by atoms with Crippen LogP contribution in [0.5, 0.6) is 0 Å². The lowest BCUT2D eigenvalue weighted by molar-refractivity contribution is -0.385. The fourth-order valence-corrected chi connectivity index (χ4v) is 3.85. The number of aromatic nitrogens is 2. The Bertz CT molecular complexity index is 1030. The number of hydrogen-bond donors (Lipinski definition) is 2. The maximum atomic E-state index is 13.2. The smallest absolute Gasteiger partial charge is 0.274 e. The maximum Gasteiger partial charge on any atom is 0.274 e. The summed E-state index contributed by atoms with van der Waals surface area (Å²) in [5, 5.41) is 25.0. The molecule has 2 aromatic carbocycles. The summed E-state index contributed by atoms with van der Waals surface area (Å²) in [6.07, 6.45) is 0. The lowest BCUT2D eigenvalue weighted by Gasteiger charge is -2.07. The molecule has 0 unspecified atom stereocenters. The van der Waals surface area contributed by atoms with Gasteiger partial charge in [-0.05, 0) is 31.2 Å². The molecule has 3 rings (SSSR count). The Morgan fingerprint density at radius 1 is 1.29 bits per heavy atom. The van der Waals surface area contributed by atoms with Crippen molar-refractivity contribution in [3.63, 3.8) is 0 Å². The zero-order valence-electron chi connectivity index (χ0n) is 14.5. The molecule has 0 atom stereocenters. The van der Waals surface area contributed by atoms with E-state index in [1.807, 2.05) is 0 Å². The number of nitrogens with one attached hydrogen (secondary N) is 2. The van der Waals surface area contributed by atoms with E-state index in [4.69, 9.17) is 0 Å². The second-order valence-electron chi connectivity index (χ2n) is 5.55. The zero-order chi connectivity index (χ0) is 20.1. The van der Waals surface area contributed by atoms with Crippen LogP contribution in [0, 0.1) is 22.9 Å². The maximum absolute atomic E-state index is 13.2. The molecule has 3 aromatic rings. The highest BCUT2D eigenvalue weighted by Gasteiger charge is 2.15. The van der Waals surface area contributed by atoms with Crippen molar-refractivity contribution in [1.29, 1.82) is 0 Å². The number of amides is 1. The Labute approximate surface area is 167 Å². The molecule has 144 valence electrons. The van der Waals surface area contributed by atoms with Gasteiger partial charge in [-0.25, -0.2) is 4.39 Å². The van der Waals surface area contributed by atoms with Crippen LogP contribution in [0.4, 0.5) is 26.6 Å². The van der Waals surface area contributed by atoms with Gasteiger partial charge in [0.25, 0.3) is 5.69 Å². The number of thioether (sulfide) groups is 1. The number of anilines is 3. The minimum Gasteiger partial charge on any atom is -0.330 e. The Hall–Kier alpha value is -3.05. The zero-order valence-corrected chi connectivity index (χ0v) is 16.1. The van der Waals surface area contributed by atoms with Crippen molar-refractivity contribution in [2.24, 2.45) is 0 Å². The first-order valence-electron chi connectivity index (χ1n) is 7.95. The molecular weight excluding hydrogens is 405 g/mol. The van der Waals surface area contributed by atoms with Gasteiger partial charge in [-0.2, -0.15) is 0 Å². The molecule has 0 fully saturated rings. The molecule has 8 nitrogen and oxygen atoms in total. The number of nitro groups is 1. The van der Waals surface area contributed by atoms with Gasteiger partial charge < -0.3 is 10.6 Å². The van der Waals surface area contributed by atoms with E-state index < -0.39 is 4.92 Å². The van der Waals surface area contributed by atoms with Crippen molar-refractivity contribution in [1.82, 2.24) is 10.2 Å². The van der Waals surface area contributed by atoms with Crippen LogP contribution in [0.2, 0.25) is 0 Å². The molecule has 0 saturated carbocycles. The van der Waals surface area contributed by atoms with Gasteiger partial charge in [0, 0.05) is 11.8 Å². The number of carbonyl (C=O) groups excluding carboxylic acids is 1. The lowest BCUT2D eigenvalue weighted by atomic mass is 10.1. The SMILES string of the molecule is Cc1c(NC(=O)CSc2nnc(Nc3cccc(F)c3)s2)cccc1[N+](=O)[O-]. The van der Waals surface area contributed by atoms with E-state index in [0.29, 0.717) is 26.4 Å². The first kappa shape index (κ1) is 19.7. The number of nitrogens with zero attached hydrogens (tertiary/aromatic N) is 3. The summed E-state index contributed by atoms with van der Waals surface area (Å²) in [7, 11) is 0. The van der Waals surface area contributed by atoms with E-state index in [2.05, 4.69) is 20.8 Å². The molecule has 0 saturated heterocycles. The molecule has 28 heavy (non-hydrogen) atoms. The molecule has 0 aliphatic rings. The predicted octanol–water partition coefficient (Wildman–Crippen LogP) is 4.37. The number of nitro benzene ring substituents is 1. The van der Waals surface area contributed by atoms with Crippen molar-refractivity contribution in [3.8, 4) is 0 Å². The fraction of sp³-hybridized carbons (Fsp3) is 0.118. The highest BCUT2D eigenvalue weighted by atomic mass is 32.2. The van der Waals surface area contributed by atoms with Crippen LogP contribution >= 0.6 is 23.1 Å². The van der Waals surface area contributed by atoms with Gasteiger partial charge in [0.1, 0.15) is 5.82 Å². The predicted molar refractivity (Wildman–Crippen MR) is 107 cm³/mol. The van der Waals surface area contributed by atoms with Gasteiger partial charge in [-0.1, -0.05) is 35.2 Å². The topological polar surface area (TPSA) is 110 Å². The highest BCUT2D eigenvalue weighted by Crippen LogP contribution is 2.29. The average Bonchev–Trinajstić information content (AvgIpc) is 3.09.